The van der Waals surface area contributed by atoms with E-state index in [1.807, 2.05) is 0 Å². The Labute approximate surface area is 116 Å². The number of benzene rings is 1. The van der Waals surface area contributed by atoms with E-state index in [4.69, 9.17) is 16.3 Å². The van der Waals surface area contributed by atoms with E-state index in [1.54, 1.807) is 18.2 Å². The van der Waals surface area contributed by atoms with Crippen LogP contribution in [0.5, 0.6) is 0 Å². The molecule has 0 radical (unpaired) electrons. The summed E-state index contributed by atoms with van der Waals surface area (Å²) in [5.74, 6) is -0.549. The van der Waals surface area contributed by atoms with Gasteiger partial charge in [-0.3, -0.25) is 9.59 Å². The van der Waals surface area contributed by atoms with Gasteiger partial charge in [0.2, 0.25) is 0 Å². The Kier molecular flexibility index (Phi) is 3.29. The lowest BCUT2D eigenvalue weighted by atomic mass is 9.99. The summed E-state index contributed by atoms with van der Waals surface area (Å²) in [7, 11) is 0. The molecule has 0 unspecified atom stereocenters. The highest BCUT2D eigenvalue weighted by atomic mass is 35.5. The Bertz CT molecular complexity index is 537. The molecule has 1 amide bonds. The van der Waals surface area contributed by atoms with E-state index in [1.165, 1.54) is 4.90 Å². The van der Waals surface area contributed by atoms with Gasteiger partial charge in [-0.05, 0) is 30.9 Å². The minimum Gasteiger partial charge on any atom is -0.381 e. The zero-order valence-corrected chi connectivity index (χ0v) is 11.2. The predicted molar refractivity (Wildman–Crippen MR) is 71.7 cm³/mol. The van der Waals surface area contributed by atoms with E-state index in [-0.39, 0.29) is 0 Å². The molecule has 0 spiro atoms. The number of hydrogen-bond donors (Lipinski definition) is 0. The molecular formula is C14H14ClNO3. The van der Waals surface area contributed by atoms with Crippen LogP contribution in [0.15, 0.2) is 18.2 Å². The number of halogens is 1. The van der Waals surface area contributed by atoms with Gasteiger partial charge in [-0.15, -0.1) is 0 Å². The maximum absolute atomic E-state index is 12.1. The van der Waals surface area contributed by atoms with Crippen LogP contribution in [0.4, 0.5) is 5.69 Å². The van der Waals surface area contributed by atoms with Crippen LogP contribution in [-0.4, -0.2) is 31.4 Å². The van der Waals surface area contributed by atoms with Gasteiger partial charge in [-0.1, -0.05) is 17.7 Å². The molecule has 1 aromatic rings. The maximum atomic E-state index is 12.1. The molecule has 2 heterocycles. The van der Waals surface area contributed by atoms with E-state index in [0.29, 0.717) is 28.7 Å². The summed E-state index contributed by atoms with van der Waals surface area (Å²) in [6.07, 6.45) is 1.83. The third-order valence-electron chi connectivity index (χ3n) is 3.72. The summed E-state index contributed by atoms with van der Waals surface area (Å²) >= 11 is 6.14. The standard InChI is InChI=1S/C14H14ClNO3/c15-11-3-1-2-10-12(11)16(14(18)13(10)17)8-9-4-6-19-7-5-9/h1-3,9H,4-8H2. The topological polar surface area (TPSA) is 46.6 Å². The van der Waals surface area contributed by atoms with Crippen LogP contribution >= 0.6 is 11.6 Å². The fourth-order valence-electron chi connectivity index (χ4n) is 2.67. The third-order valence-corrected chi connectivity index (χ3v) is 4.03. The Morgan fingerprint density at radius 1 is 1.26 bits per heavy atom. The van der Waals surface area contributed by atoms with Crippen molar-refractivity contribution in [3.05, 3.63) is 28.8 Å². The van der Waals surface area contributed by atoms with Crippen molar-refractivity contribution in [3.63, 3.8) is 0 Å². The first-order valence-corrected chi connectivity index (χ1v) is 6.78. The van der Waals surface area contributed by atoms with Crippen molar-refractivity contribution in [3.8, 4) is 0 Å². The lowest BCUT2D eigenvalue weighted by molar-refractivity contribution is -0.114. The van der Waals surface area contributed by atoms with Gasteiger partial charge < -0.3 is 9.64 Å². The number of rotatable bonds is 2. The molecule has 100 valence electrons. The van der Waals surface area contributed by atoms with Crippen LogP contribution in [0.25, 0.3) is 0 Å². The number of Topliss-reactive ketones (excluding diaryl/α,β-unsaturated/α-hetero) is 1. The first-order valence-electron chi connectivity index (χ1n) is 6.41. The molecule has 0 aliphatic carbocycles. The van der Waals surface area contributed by atoms with Crippen molar-refractivity contribution in [2.45, 2.75) is 12.8 Å². The molecule has 1 aromatic carbocycles. The van der Waals surface area contributed by atoms with Gasteiger partial charge in [0.1, 0.15) is 0 Å². The van der Waals surface area contributed by atoms with Crippen LogP contribution in [0.3, 0.4) is 0 Å². The van der Waals surface area contributed by atoms with Gasteiger partial charge >= 0.3 is 0 Å². The average molecular weight is 280 g/mol. The van der Waals surface area contributed by atoms with E-state index < -0.39 is 11.7 Å². The van der Waals surface area contributed by atoms with Crippen LogP contribution in [0.1, 0.15) is 23.2 Å². The molecule has 0 aromatic heterocycles. The van der Waals surface area contributed by atoms with E-state index >= 15 is 0 Å². The maximum Gasteiger partial charge on any atom is 0.299 e. The van der Waals surface area contributed by atoms with Crippen molar-refractivity contribution in [1.82, 2.24) is 0 Å². The number of fused-ring (bicyclic) bond motifs is 1. The van der Waals surface area contributed by atoms with Crippen LogP contribution in [-0.2, 0) is 9.53 Å². The first kappa shape index (κ1) is 12.6. The van der Waals surface area contributed by atoms with Crippen molar-refractivity contribution in [1.29, 1.82) is 0 Å². The zero-order valence-electron chi connectivity index (χ0n) is 10.4. The second kappa shape index (κ2) is 4.94. The Morgan fingerprint density at radius 2 is 2.00 bits per heavy atom. The fourth-order valence-corrected chi connectivity index (χ4v) is 2.95. The van der Waals surface area contributed by atoms with Crippen molar-refractivity contribution >= 4 is 29.0 Å². The van der Waals surface area contributed by atoms with E-state index in [2.05, 4.69) is 0 Å². The Balaban J connectivity index is 1.90. The third kappa shape index (κ3) is 2.15. The molecule has 1 saturated heterocycles. The summed E-state index contributed by atoms with van der Waals surface area (Å²) < 4.78 is 5.31. The number of para-hydroxylation sites is 1. The number of ether oxygens (including phenoxy) is 1. The molecule has 2 aliphatic heterocycles. The minimum absolute atomic E-state index is 0.368. The number of carbonyl (C=O) groups is 2. The lowest BCUT2D eigenvalue weighted by Gasteiger charge is -2.27. The second-order valence-corrected chi connectivity index (χ2v) is 5.34. The van der Waals surface area contributed by atoms with Crippen molar-refractivity contribution in [2.24, 2.45) is 5.92 Å². The van der Waals surface area contributed by atoms with Gasteiger partial charge in [0.15, 0.2) is 0 Å². The van der Waals surface area contributed by atoms with Crippen LogP contribution in [0, 0.1) is 5.92 Å². The summed E-state index contributed by atoms with van der Waals surface area (Å²) in [5, 5.41) is 0.462. The number of amides is 1. The summed E-state index contributed by atoms with van der Waals surface area (Å²) in [6.45, 7) is 1.98. The highest BCUT2D eigenvalue weighted by Gasteiger charge is 2.38. The highest BCUT2D eigenvalue weighted by molar-refractivity contribution is 6.54. The molecule has 3 rings (SSSR count). The van der Waals surface area contributed by atoms with Crippen molar-refractivity contribution in [2.75, 3.05) is 24.7 Å². The Hall–Kier alpha value is -1.39. The number of anilines is 1. The molecule has 0 saturated carbocycles. The molecule has 0 N–H and O–H groups in total. The monoisotopic (exact) mass is 279 g/mol. The summed E-state index contributed by atoms with van der Waals surface area (Å²) in [4.78, 5) is 25.5. The predicted octanol–water partition coefficient (Wildman–Crippen LogP) is 2.30. The molecule has 2 aliphatic rings. The normalized spacial score (nSPS) is 19.9. The average Bonchev–Trinajstić information content (AvgIpc) is 2.67. The van der Waals surface area contributed by atoms with Crippen LogP contribution in [0.2, 0.25) is 5.02 Å². The van der Waals surface area contributed by atoms with Gasteiger partial charge in [-0.2, -0.15) is 0 Å². The molecule has 5 heteroatoms. The van der Waals surface area contributed by atoms with Crippen LogP contribution < -0.4 is 4.90 Å². The van der Waals surface area contributed by atoms with Gasteiger partial charge in [0.25, 0.3) is 11.7 Å². The first-order chi connectivity index (χ1) is 9.18. The fraction of sp³-hybridized carbons (Fsp3) is 0.429. The SMILES string of the molecule is O=C1C(=O)N(CC2CCOCC2)c2c(Cl)cccc21. The Morgan fingerprint density at radius 3 is 2.74 bits per heavy atom. The van der Waals surface area contributed by atoms with E-state index in [9.17, 15) is 9.59 Å². The molecule has 4 nitrogen and oxygen atoms in total. The summed E-state index contributed by atoms with van der Waals surface area (Å²) in [5.41, 5.74) is 0.996. The number of nitrogens with zero attached hydrogens (tertiary/aromatic N) is 1. The minimum atomic E-state index is -0.463. The second-order valence-electron chi connectivity index (χ2n) is 4.94. The quantitative estimate of drug-likeness (QED) is 0.781. The van der Waals surface area contributed by atoms with Crippen molar-refractivity contribution < 1.29 is 14.3 Å². The number of hydrogen-bond acceptors (Lipinski definition) is 3. The van der Waals surface area contributed by atoms with Gasteiger partial charge in [-0.25, -0.2) is 0 Å². The number of ketones is 1. The highest BCUT2D eigenvalue weighted by Crippen LogP contribution is 2.36. The molecule has 1 fully saturated rings. The molecule has 0 atom stereocenters. The molecule has 19 heavy (non-hydrogen) atoms. The lowest BCUT2D eigenvalue weighted by Crippen LogP contribution is -2.36. The van der Waals surface area contributed by atoms with E-state index in [0.717, 1.165) is 26.1 Å². The smallest absolute Gasteiger partial charge is 0.299 e. The summed E-state index contributed by atoms with van der Waals surface area (Å²) in [6, 6.07) is 5.07. The molecule has 0 bridgehead atoms. The van der Waals surface area contributed by atoms with Gasteiger partial charge in [0, 0.05) is 19.8 Å². The molecular weight excluding hydrogens is 266 g/mol. The van der Waals surface area contributed by atoms with Gasteiger partial charge in [0.05, 0.1) is 16.3 Å². The largest absolute Gasteiger partial charge is 0.381 e. The number of carbonyl (C=O) groups excluding carboxylic acids is 2. The zero-order chi connectivity index (χ0) is 13.4.